The average Bonchev–Trinajstić information content (AvgIpc) is 3.31. The molecule has 0 spiro atoms. The van der Waals surface area contributed by atoms with Crippen LogP contribution in [0.4, 0.5) is 5.69 Å². The largest absolute Gasteiger partial charge is 0.334 e. The highest BCUT2D eigenvalue weighted by molar-refractivity contribution is 7.89. The topological polar surface area (TPSA) is 105 Å². The van der Waals surface area contributed by atoms with Crippen molar-refractivity contribution < 1.29 is 17.7 Å². The molecule has 1 aliphatic rings. The number of hydrogen-bond donors (Lipinski definition) is 1. The van der Waals surface area contributed by atoms with Gasteiger partial charge in [0.2, 0.25) is 15.9 Å². The molecule has 9 heteroatoms. The molecule has 0 bridgehead atoms. The van der Waals surface area contributed by atoms with Gasteiger partial charge in [-0.3, -0.25) is 4.79 Å². The first-order valence-corrected chi connectivity index (χ1v) is 12.9. The number of hydrogen-bond acceptors (Lipinski definition) is 6. The number of sulfonamides is 1. The molecule has 0 unspecified atom stereocenters. The van der Waals surface area contributed by atoms with Gasteiger partial charge in [-0.05, 0) is 50.5 Å². The van der Waals surface area contributed by atoms with E-state index in [0.717, 1.165) is 11.1 Å². The van der Waals surface area contributed by atoms with Crippen LogP contribution in [0.15, 0.2) is 51.9 Å². The summed E-state index contributed by atoms with van der Waals surface area (Å²) in [6.07, 6.45) is 0.909. The van der Waals surface area contributed by atoms with Crippen LogP contribution in [0.3, 0.4) is 0 Å². The molecule has 8 nitrogen and oxygen atoms in total. The van der Waals surface area contributed by atoms with Crippen molar-refractivity contribution in [2.24, 2.45) is 5.92 Å². The molecule has 2 aromatic carbocycles. The van der Waals surface area contributed by atoms with Gasteiger partial charge < -0.3 is 9.84 Å². The van der Waals surface area contributed by atoms with Crippen molar-refractivity contribution in [3.63, 3.8) is 0 Å². The number of anilines is 1. The summed E-state index contributed by atoms with van der Waals surface area (Å²) in [5, 5.41) is 7.07. The van der Waals surface area contributed by atoms with Crippen LogP contribution in [0.5, 0.6) is 0 Å². The Balaban J connectivity index is 1.46. The van der Waals surface area contributed by atoms with Crippen LogP contribution >= 0.6 is 0 Å². The third-order valence-corrected chi connectivity index (χ3v) is 8.11. The van der Waals surface area contributed by atoms with E-state index in [1.807, 2.05) is 45.9 Å². The van der Waals surface area contributed by atoms with Gasteiger partial charge in [-0.15, -0.1) is 0 Å². The third-order valence-electron chi connectivity index (χ3n) is 6.19. The maximum atomic E-state index is 13.1. The molecule has 0 atom stereocenters. The fraction of sp³-hybridized carbons (Fsp3) is 0.400. The van der Waals surface area contributed by atoms with Crippen LogP contribution in [0.1, 0.15) is 49.6 Å². The Morgan fingerprint density at radius 3 is 2.38 bits per heavy atom. The molecule has 1 fully saturated rings. The maximum absolute atomic E-state index is 13.1. The van der Waals surface area contributed by atoms with Crippen molar-refractivity contribution in [1.82, 2.24) is 14.4 Å². The van der Waals surface area contributed by atoms with E-state index in [1.54, 1.807) is 24.3 Å². The molecule has 1 saturated heterocycles. The van der Waals surface area contributed by atoms with E-state index in [4.69, 9.17) is 4.52 Å². The molecule has 180 valence electrons. The number of para-hydroxylation sites is 1. The SMILES string of the molecule is Cc1ccc(S(=O)(=O)N2CCC(C(=O)Nc3c(C)cccc3-c3nc(C(C)C)no3)CC2)cc1. The van der Waals surface area contributed by atoms with Crippen molar-refractivity contribution in [3.8, 4) is 11.5 Å². The molecule has 0 radical (unpaired) electrons. The van der Waals surface area contributed by atoms with E-state index in [2.05, 4.69) is 15.5 Å². The molecule has 1 N–H and O–H groups in total. The van der Waals surface area contributed by atoms with Gasteiger partial charge in [-0.2, -0.15) is 9.29 Å². The van der Waals surface area contributed by atoms with Gasteiger partial charge in [-0.25, -0.2) is 8.42 Å². The number of nitrogens with zero attached hydrogens (tertiary/aromatic N) is 3. The van der Waals surface area contributed by atoms with Crippen molar-refractivity contribution in [2.45, 2.75) is 51.3 Å². The second kappa shape index (κ2) is 9.68. The van der Waals surface area contributed by atoms with E-state index < -0.39 is 10.0 Å². The number of amides is 1. The monoisotopic (exact) mass is 482 g/mol. The second-order valence-electron chi connectivity index (χ2n) is 9.09. The van der Waals surface area contributed by atoms with Crippen LogP contribution in [0, 0.1) is 19.8 Å². The van der Waals surface area contributed by atoms with Gasteiger partial charge in [0, 0.05) is 24.9 Å². The summed E-state index contributed by atoms with van der Waals surface area (Å²) >= 11 is 0. The van der Waals surface area contributed by atoms with Crippen LogP contribution in [-0.4, -0.2) is 41.9 Å². The van der Waals surface area contributed by atoms with Crippen molar-refractivity contribution >= 4 is 21.6 Å². The van der Waals surface area contributed by atoms with Crippen molar-refractivity contribution in [3.05, 3.63) is 59.4 Å². The molecule has 34 heavy (non-hydrogen) atoms. The van der Waals surface area contributed by atoms with Crippen molar-refractivity contribution in [2.75, 3.05) is 18.4 Å². The smallest absolute Gasteiger partial charge is 0.260 e. The van der Waals surface area contributed by atoms with E-state index in [-0.39, 0.29) is 22.6 Å². The predicted molar refractivity (Wildman–Crippen MR) is 130 cm³/mol. The number of nitrogens with one attached hydrogen (secondary N) is 1. The molecule has 1 aliphatic heterocycles. The highest BCUT2D eigenvalue weighted by Gasteiger charge is 2.32. The van der Waals surface area contributed by atoms with Crippen LogP contribution in [0.2, 0.25) is 0 Å². The number of rotatable bonds is 6. The van der Waals surface area contributed by atoms with E-state index in [9.17, 15) is 13.2 Å². The molecular weight excluding hydrogens is 452 g/mol. The zero-order chi connectivity index (χ0) is 24.5. The summed E-state index contributed by atoms with van der Waals surface area (Å²) in [5.74, 6) is 0.678. The Kier molecular flexibility index (Phi) is 6.86. The zero-order valence-electron chi connectivity index (χ0n) is 19.9. The summed E-state index contributed by atoms with van der Waals surface area (Å²) in [6, 6.07) is 12.5. The number of benzene rings is 2. The van der Waals surface area contributed by atoms with Gasteiger partial charge in [-0.1, -0.05) is 48.8 Å². The Morgan fingerprint density at radius 2 is 1.76 bits per heavy atom. The second-order valence-corrected chi connectivity index (χ2v) is 11.0. The quantitative estimate of drug-likeness (QED) is 0.554. The minimum atomic E-state index is -3.57. The van der Waals surface area contributed by atoms with Gasteiger partial charge in [0.25, 0.3) is 5.89 Å². The molecule has 2 heterocycles. The standard InChI is InChI=1S/C25H30N4O4S/c1-16(2)23-27-25(33-28-23)21-7-5-6-18(4)22(21)26-24(30)19-12-14-29(15-13-19)34(31,32)20-10-8-17(3)9-11-20/h5-11,16,19H,12-15H2,1-4H3,(H,26,30). The maximum Gasteiger partial charge on any atom is 0.260 e. The fourth-order valence-corrected chi connectivity index (χ4v) is 5.50. The number of carbonyl (C=O) groups excluding carboxylic acids is 1. The normalized spacial score (nSPS) is 15.6. The molecule has 1 aromatic heterocycles. The average molecular weight is 483 g/mol. The van der Waals surface area contributed by atoms with E-state index in [0.29, 0.717) is 48.9 Å². The minimum absolute atomic E-state index is 0.127. The molecular formula is C25H30N4O4S. The molecule has 0 aliphatic carbocycles. The van der Waals surface area contributed by atoms with E-state index >= 15 is 0 Å². The van der Waals surface area contributed by atoms with Crippen molar-refractivity contribution in [1.29, 1.82) is 0 Å². The summed E-state index contributed by atoms with van der Waals surface area (Å²) < 4.78 is 32.8. The lowest BCUT2D eigenvalue weighted by Crippen LogP contribution is -2.41. The number of aromatic nitrogens is 2. The lowest BCUT2D eigenvalue weighted by Gasteiger charge is -2.30. The summed E-state index contributed by atoms with van der Waals surface area (Å²) in [7, 11) is -3.57. The highest BCUT2D eigenvalue weighted by Crippen LogP contribution is 2.32. The Hall–Kier alpha value is -3.04. The first-order chi connectivity index (χ1) is 16.2. The zero-order valence-corrected chi connectivity index (χ0v) is 20.7. The number of aryl methyl sites for hydroxylation is 2. The number of piperidine rings is 1. The van der Waals surface area contributed by atoms with Gasteiger partial charge in [0.05, 0.1) is 16.1 Å². The lowest BCUT2D eigenvalue weighted by molar-refractivity contribution is -0.120. The van der Waals surface area contributed by atoms with Crippen LogP contribution < -0.4 is 5.32 Å². The molecule has 1 amide bonds. The first-order valence-electron chi connectivity index (χ1n) is 11.5. The van der Waals surface area contributed by atoms with Gasteiger partial charge >= 0.3 is 0 Å². The number of carbonyl (C=O) groups is 1. The third kappa shape index (κ3) is 4.90. The van der Waals surface area contributed by atoms with Gasteiger partial charge in [0.15, 0.2) is 5.82 Å². The highest BCUT2D eigenvalue weighted by atomic mass is 32.2. The molecule has 4 rings (SSSR count). The first kappa shape index (κ1) is 24.1. The lowest BCUT2D eigenvalue weighted by atomic mass is 9.96. The van der Waals surface area contributed by atoms with Crippen LogP contribution in [0.25, 0.3) is 11.5 Å². The Morgan fingerprint density at radius 1 is 1.09 bits per heavy atom. The predicted octanol–water partition coefficient (Wildman–Crippen LogP) is 4.52. The Labute approximate surface area is 200 Å². The minimum Gasteiger partial charge on any atom is -0.334 e. The fourth-order valence-electron chi connectivity index (χ4n) is 4.03. The summed E-state index contributed by atoms with van der Waals surface area (Å²) in [5.41, 5.74) is 3.20. The Bertz CT molecular complexity index is 1270. The van der Waals surface area contributed by atoms with Gasteiger partial charge in [0.1, 0.15) is 0 Å². The summed E-state index contributed by atoms with van der Waals surface area (Å²) in [6.45, 7) is 8.41. The molecule has 3 aromatic rings. The van der Waals surface area contributed by atoms with E-state index in [1.165, 1.54) is 4.31 Å². The summed E-state index contributed by atoms with van der Waals surface area (Å²) in [4.78, 5) is 17.9. The molecule has 0 saturated carbocycles. The van der Waals surface area contributed by atoms with Crippen LogP contribution in [-0.2, 0) is 14.8 Å².